The molecule has 0 spiro atoms. The Balaban J connectivity index is 1.34. The molecule has 3 nitrogen and oxygen atoms in total. The van der Waals surface area contributed by atoms with Crippen LogP contribution in [0, 0.1) is 0 Å². The van der Waals surface area contributed by atoms with Gasteiger partial charge in [-0.25, -0.2) is 0 Å². The molecule has 1 heterocycles. The van der Waals surface area contributed by atoms with Crippen molar-refractivity contribution in [3.05, 3.63) is 72.4 Å². The van der Waals surface area contributed by atoms with E-state index in [0.717, 1.165) is 70.8 Å². The summed E-state index contributed by atoms with van der Waals surface area (Å²) in [4.78, 5) is 11.8. The summed E-state index contributed by atoms with van der Waals surface area (Å²) in [5.41, 5.74) is 1.30. The molecule has 32 heavy (non-hydrogen) atoms. The van der Waals surface area contributed by atoms with Gasteiger partial charge in [0.2, 0.25) is 0 Å². The molecule has 2 rings (SSSR count). The molecule has 3 heteroatoms. The molecule has 0 aromatic carbocycles. The lowest BCUT2D eigenvalue weighted by Crippen LogP contribution is -2.08. The van der Waals surface area contributed by atoms with E-state index in [1.165, 1.54) is 18.4 Å². The van der Waals surface area contributed by atoms with Crippen LogP contribution in [0.1, 0.15) is 83.5 Å². The maximum atomic E-state index is 11.8. The van der Waals surface area contributed by atoms with Crippen LogP contribution < -0.4 is 0 Å². The molecule has 0 bridgehead atoms. The van der Waals surface area contributed by atoms with Crippen molar-refractivity contribution in [2.24, 2.45) is 0 Å². The number of carbonyl (C=O) groups is 1. The van der Waals surface area contributed by atoms with E-state index in [1.807, 2.05) is 0 Å². The summed E-state index contributed by atoms with van der Waals surface area (Å²) in [5, 5.41) is 0. The first kappa shape index (κ1) is 26.1. The molecule has 0 N–H and O–H groups in total. The van der Waals surface area contributed by atoms with E-state index < -0.39 is 0 Å². The second-order valence-electron chi connectivity index (χ2n) is 8.51. The second-order valence-corrected chi connectivity index (χ2v) is 8.51. The van der Waals surface area contributed by atoms with Crippen molar-refractivity contribution >= 4 is 5.97 Å². The average molecular weight is 439 g/mol. The fourth-order valence-corrected chi connectivity index (χ4v) is 3.47. The molecule has 0 saturated carbocycles. The van der Waals surface area contributed by atoms with Gasteiger partial charge in [-0.05, 0) is 82.6 Å². The smallest absolute Gasteiger partial charge is 0.306 e. The Morgan fingerprint density at radius 2 is 1.50 bits per heavy atom. The quantitative estimate of drug-likeness (QED) is 0.101. The summed E-state index contributed by atoms with van der Waals surface area (Å²) in [5.74, 6) is -0.0526. The SMILES string of the molecule is O=C(CCCC/C=C/C/C=C/C/C=C/C/C=C/C/C=C/CC1CO1)OCC1=CCCCC1. The van der Waals surface area contributed by atoms with Gasteiger partial charge in [0.05, 0.1) is 12.7 Å². The maximum Gasteiger partial charge on any atom is 0.306 e. The zero-order chi connectivity index (χ0) is 22.5. The van der Waals surface area contributed by atoms with Gasteiger partial charge >= 0.3 is 5.97 Å². The van der Waals surface area contributed by atoms with Crippen LogP contribution in [0.2, 0.25) is 0 Å². The number of allylic oxidation sites excluding steroid dienone is 10. The van der Waals surface area contributed by atoms with Crippen molar-refractivity contribution < 1.29 is 14.3 Å². The van der Waals surface area contributed by atoms with Crippen molar-refractivity contribution in [1.29, 1.82) is 0 Å². The Morgan fingerprint density at radius 3 is 2.09 bits per heavy atom. The predicted molar refractivity (Wildman–Crippen MR) is 135 cm³/mol. The molecule has 1 aliphatic heterocycles. The van der Waals surface area contributed by atoms with Gasteiger partial charge in [0.15, 0.2) is 0 Å². The zero-order valence-corrected chi connectivity index (χ0v) is 19.8. The molecule has 0 radical (unpaired) electrons. The first-order chi connectivity index (χ1) is 15.8. The van der Waals surface area contributed by atoms with Crippen LogP contribution in [-0.2, 0) is 14.3 Å². The lowest BCUT2D eigenvalue weighted by molar-refractivity contribution is -0.142. The summed E-state index contributed by atoms with van der Waals surface area (Å²) >= 11 is 0. The molecule has 176 valence electrons. The van der Waals surface area contributed by atoms with Gasteiger partial charge in [-0.1, -0.05) is 66.8 Å². The van der Waals surface area contributed by atoms with E-state index in [-0.39, 0.29) is 5.97 Å². The highest BCUT2D eigenvalue weighted by Crippen LogP contribution is 2.17. The summed E-state index contributed by atoms with van der Waals surface area (Å²) in [6.45, 7) is 1.44. The first-order valence-electron chi connectivity index (χ1n) is 12.5. The highest BCUT2D eigenvalue weighted by Gasteiger charge is 2.19. The monoisotopic (exact) mass is 438 g/mol. The highest BCUT2D eigenvalue weighted by molar-refractivity contribution is 5.69. The van der Waals surface area contributed by atoms with Crippen molar-refractivity contribution in [1.82, 2.24) is 0 Å². The molecule has 0 amide bonds. The number of hydrogen-bond acceptors (Lipinski definition) is 3. The van der Waals surface area contributed by atoms with Gasteiger partial charge < -0.3 is 9.47 Å². The van der Waals surface area contributed by atoms with Gasteiger partial charge in [-0.3, -0.25) is 4.79 Å². The van der Waals surface area contributed by atoms with Crippen LogP contribution in [-0.4, -0.2) is 25.3 Å². The molecular formula is C29H42O3. The minimum Gasteiger partial charge on any atom is -0.461 e. The van der Waals surface area contributed by atoms with Crippen LogP contribution in [0.25, 0.3) is 0 Å². The predicted octanol–water partition coefficient (Wildman–Crippen LogP) is 7.72. The fraction of sp³-hybridized carbons (Fsp3) is 0.552. The van der Waals surface area contributed by atoms with E-state index in [0.29, 0.717) is 19.1 Å². The Kier molecular flexibility index (Phi) is 15.1. The van der Waals surface area contributed by atoms with Crippen molar-refractivity contribution in [3.8, 4) is 0 Å². The molecule has 2 aliphatic rings. The lowest BCUT2D eigenvalue weighted by Gasteiger charge is -2.12. The Labute approximate surface area is 195 Å². The van der Waals surface area contributed by atoms with Crippen LogP contribution in [0.5, 0.6) is 0 Å². The van der Waals surface area contributed by atoms with E-state index >= 15 is 0 Å². The van der Waals surface area contributed by atoms with Gasteiger partial charge in [0.1, 0.15) is 6.61 Å². The summed E-state index contributed by atoms with van der Waals surface area (Å²) < 4.78 is 10.5. The van der Waals surface area contributed by atoms with Gasteiger partial charge in [-0.2, -0.15) is 0 Å². The normalized spacial score (nSPS) is 19.1. The third-order valence-electron chi connectivity index (χ3n) is 5.53. The Morgan fingerprint density at radius 1 is 0.875 bits per heavy atom. The number of unbranched alkanes of at least 4 members (excludes halogenated alkanes) is 2. The van der Waals surface area contributed by atoms with Crippen LogP contribution >= 0.6 is 0 Å². The molecule has 1 fully saturated rings. The number of carbonyl (C=O) groups excluding carboxylic acids is 1. The minimum absolute atomic E-state index is 0.0526. The molecule has 1 saturated heterocycles. The minimum atomic E-state index is -0.0526. The number of epoxide rings is 1. The molecule has 1 aliphatic carbocycles. The second kappa shape index (κ2) is 18.4. The van der Waals surface area contributed by atoms with E-state index in [4.69, 9.17) is 9.47 Å². The summed E-state index contributed by atoms with van der Waals surface area (Å²) in [6.07, 6.45) is 38.1. The molecule has 0 aromatic rings. The lowest BCUT2D eigenvalue weighted by atomic mass is 10.0. The fourth-order valence-electron chi connectivity index (χ4n) is 3.47. The van der Waals surface area contributed by atoms with Gasteiger partial charge in [0, 0.05) is 6.42 Å². The zero-order valence-electron chi connectivity index (χ0n) is 19.8. The molecule has 1 atom stereocenters. The third-order valence-corrected chi connectivity index (χ3v) is 5.53. The van der Waals surface area contributed by atoms with Gasteiger partial charge in [0.25, 0.3) is 0 Å². The number of rotatable bonds is 17. The van der Waals surface area contributed by atoms with Crippen LogP contribution in [0.3, 0.4) is 0 Å². The van der Waals surface area contributed by atoms with E-state index in [9.17, 15) is 4.79 Å². The Bertz CT molecular complexity index is 675. The van der Waals surface area contributed by atoms with Crippen molar-refractivity contribution in [3.63, 3.8) is 0 Å². The summed E-state index contributed by atoms with van der Waals surface area (Å²) in [6, 6.07) is 0. The number of hydrogen-bond donors (Lipinski definition) is 0. The number of esters is 1. The largest absolute Gasteiger partial charge is 0.461 e. The van der Waals surface area contributed by atoms with Crippen molar-refractivity contribution in [2.45, 2.75) is 89.6 Å². The standard InChI is InChI=1S/C29H42O3/c30-29(32-25-27-21-17-16-18-22-27)24-20-15-13-11-9-7-5-3-1-2-4-6-8-10-12-14-19-23-28-26-31-28/h2-5,8-11,14,19,21,28H,1,6-7,12-13,15-18,20,22-26H2/b4-2+,5-3+,10-8+,11-9+,19-14+. The molecule has 1 unspecified atom stereocenters. The molecular weight excluding hydrogens is 396 g/mol. The van der Waals surface area contributed by atoms with E-state index in [1.54, 1.807) is 0 Å². The maximum absolute atomic E-state index is 11.8. The van der Waals surface area contributed by atoms with Crippen LogP contribution in [0.15, 0.2) is 72.4 Å². The Hall–Kier alpha value is -2.13. The topological polar surface area (TPSA) is 38.8 Å². The summed E-state index contributed by atoms with van der Waals surface area (Å²) in [7, 11) is 0. The van der Waals surface area contributed by atoms with Crippen LogP contribution in [0.4, 0.5) is 0 Å². The van der Waals surface area contributed by atoms with E-state index in [2.05, 4.69) is 66.8 Å². The number of ether oxygens (including phenoxy) is 2. The van der Waals surface area contributed by atoms with Crippen molar-refractivity contribution in [2.75, 3.05) is 13.2 Å². The highest BCUT2D eigenvalue weighted by atomic mass is 16.6. The first-order valence-corrected chi connectivity index (χ1v) is 12.5. The average Bonchev–Trinajstić information content (AvgIpc) is 3.64. The third kappa shape index (κ3) is 15.6. The molecule has 0 aromatic heterocycles. The van der Waals surface area contributed by atoms with Gasteiger partial charge in [-0.15, -0.1) is 0 Å².